The van der Waals surface area contributed by atoms with E-state index in [2.05, 4.69) is 4.40 Å². The third-order valence-electron chi connectivity index (χ3n) is 3.12. The number of nitrogens with zero attached hydrogens (tertiary/aromatic N) is 2. The molecule has 136 valence electrons. The van der Waals surface area contributed by atoms with Crippen molar-refractivity contribution < 1.29 is 31.5 Å². The quantitative estimate of drug-likeness (QED) is 0.758. The minimum atomic E-state index is -4.72. The molecular weight excluding hydrogens is 408 g/mol. The van der Waals surface area contributed by atoms with Crippen molar-refractivity contribution in [2.45, 2.75) is 19.5 Å². The summed E-state index contributed by atoms with van der Waals surface area (Å²) in [5.74, 6) is -1.54. The first-order valence-electron chi connectivity index (χ1n) is 6.41. The van der Waals surface area contributed by atoms with Crippen molar-refractivity contribution in [3.8, 4) is 0 Å². The Bertz CT molecular complexity index is 887. The van der Waals surface area contributed by atoms with E-state index in [-0.39, 0.29) is 11.3 Å². The third kappa shape index (κ3) is 4.07. The molecule has 0 radical (unpaired) electrons. The van der Waals surface area contributed by atoms with Crippen molar-refractivity contribution in [1.29, 1.82) is 0 Å². The molecule has 1 aliphatic heterocycles. The number of rotatable bonds is 3. The molecule has 1 aliphatic rings. The highest BCUT2D eigenvalue weighted by atomic mass is 35.5. The molecule has 0 fully saturated rings. The van der Waals surface area contributed by atoms with Gasteiger partial charge in [0.1, 0.15) is 0 Å². The molecule has 0 amide bonds. The molecular formula is C13H8Cl2F3N2O4S-. The zero-order valence-electron chi connectivity index (χ0n) is 12.3. The lowest BCUT2D eigenvalue weighted by molar-refractivity contribution is -0.303. The van der Waals surface area contributed by atoms with E-state index in [9.17, 15) is 31.5 Å². The van der Waals surface area contributed by atoms with Crippen molar-refractivity contribution in [3.63, 3.8) is 0 Å². The maximum atomic E-state index is 12.8. The standard InChI is InChI=1S/C13H9Cl2F3N2O4S/c1-6-5-20(25(23,24)19-10(6)4-11(21)22)12-8(14)2-7(3-9(12)15)13(16,17)18/h2-3,5H,4H2,1H3,(H,21,22)/p-1. The fourth-order valence-corrected chi connectivity index (χ4v) is 4.06. The molecule has 0 bridgehead atoms. The van der Waals surface area contributed by atoms with Crippen LogP contribution in [0.2, 0.25) is 10.0 Å². The van der Waals surface area contributed by atoms with Crippen molar-refractivity contribution in [2.24, 2.45) is 4.40 Å². The zero-order chi connectivity index (χ0) is 19.2. The Kier molecular flexibility index (Phi) is 5.08. The summed E-state index contributed by atoms with van der Waals surface area (Å²) in [6.45, 7) is 1.37. The van der Waals surface area contributed by atoms with Crippen molar-refractivity contribution >= 4 is 50.8 Å². The molecule has 6 nitrogen and oxygen atoms in total. The van der Waals surface area contributed by atoms with Crippen molar-refractivity contribution in [3.05, 3.63) is 39.5 Å². The summed E-state index contributed by atoms with van der Waals surface area (Å²) in [6, 6.07) is 1.06. The average Bonchev–Trinajstić information content (AvgIpc) is 2.41. The van der Waals surface area contributed by atoms with Gasteiger partial charge in [-0.3, -0.25) is 0 Å². The summed E-state index contributed by atoms with van der Waals surface area (Å²) in [4.78, 5) is 10.6. The van der Waals surface area contributed by atoms with Crippen LogP contribution in [0.25, 0.3) is 0 Å². The number of carbonyl (C=O) groups is 1. The Morgan fingerprint density at radius 1 is 1.28 bits per heavy atom. The summed E-state index contributed by atoms with van der Waals surface area (Å²) in [7, 11) is -4.49. The summed E-state index contributed by atoms with van der Waals surface area (Å²) in [5, 5.41) is 9.51. The lowest BCUT2D eigenvalue weighted by atomic mass is 10.1. The Morgan fingerprint density at radius 2 is 1.80 bits per heavy atom. The summed E-state index contributed by atoms with van der Waals surface area (Å²) >= 11 is 11.6. The fourth-order valence-electron chi connectivity index (χ4n) is 2.00. The van der Waals surface area contributed by atoms with E-state index in [0.29, 0.717) is 16.4 Å². The zero-order valence-corrected chi connectivity index (χ0v) is 14.6. The van der Waals surface area contributed by atoms with Gasteiger partial charge < -0.3 is 9.90 Å². The van der Waals surface area contributed by atoms with Gasteiger partial charge in [0.05, 0.1) is 27.0 Å². The lowest BCUT2D eigenvalue weighted by Crippen LogP contribution is -2.33. The number of anilines is 1. The smallest absolute Gasteiger partial charge is 0.416 e. The minimum absolute atomic E-state index is 0.144. The second-order valence-electron chi connectivity index (χ2n) is 4.96. The number of carbonyl (C=O) groups excluding carboxylic acids is 1. The van der Waals surface area contributed by atoms with Crippen molar-refractivity contribution in [2.75, 3.05) is 4.31 Å². The largest absolute Gasteiger partial charge is 0.550 e. The second kappa shape index (κ2) is 6.50. The molecule has 0 atom stereocenters. The Hall–Kier alpha value is -1.78. The molecule has 0 saturated heterocycles. The van der Waals surface area contributed by atoms with E-state index in [1.165, 1.54) is 6.92 Å². The number of aliphatic carboxylic acids is 1. The van der Waals surface area contributed by atoms with Gasteiger partial charge in [0.2, 0.25) is 0 Å². The van der Waals surface area contributed by atoms with E-state index >= 15 is 0 Å². The van der Waals surface area contributed by atoms with Crippen LogP contribution in [-0.4, -0.2) is 20.1 Å². The molecule has 1 aromatic carbocycles. The molecule has 0 unspecified atom stereocenters. The first-order valence-corrected chi connectivity index (χ1v) is 8.56. The molecule has 2 rings (SSSR count). The maximum Gasteiger partial charge on any atom is 0.416 e. The van der Waals surface area contributed by atoms with Crippen molar-refractivity contribution in [1.82, 2.24) is 0 Å². The topological polar surface area (TPSA) is 89.9 Å². The van der Waals surface area contributed by atoms with Gasteiger partial charge in [-0.25, -0.2) is 4.31 Å². The van der Waals surface area contributed by atoms with Crippen LogP contribution in [0.1, 0.15) is 18.9 Å². The number of benzene rings is 1. The average molecular weight is 416 g/mol. The van der Waals surface area contributed by atoms with Crippen LogP contribution in [0, 0.1) is 0 Å². The molecule has 0 N–H and O–H groups in total. The van der Waals surface area contributed by atoms with Gasteiger partial charge in [-0.1, -0.05) is 23.2 Å². The van der Waals surface area contributed by atoms with Crippen LogP contribution in [-0.2, 0) is 21.2 Å². The maximum absolute atomic E-state index is 12.8. The number of carboxylic acid groups (broad SMARTS) is 1. The van der Waals surface area contributed by atoms with Gasteiger partial charge in [-0.15, -0.1) is 4.40 Å². The summed E-state index contributed by atoms with van der Waals surface area (Å²) in [6.07, 6.45) is -4.50. The van der Waals surface area contributed by atoms with Gasteiger partial charge in [0.15, 0.2) is 0 Å². The molecule has 0 spiro atoms. The Balaban J connectivity index is 2.57. The fraction of sp³-hybridized carbons (Fsp3) is 0.231. The third-order valence-corrected chi connectivity index (χ3v) is 4.93. The summed E-state index contributed by atoms with van der Waals surface area (Å²) < 4.78 is 66.6. The van der Waals surface area contributed by atoms with E-state index < -0.39 is 50.1 Å². The number of halogens is 5. The molecule has 1 aromatic rings. The molecule has 12 heteroatoms. The SMILES string of the molecule is CC1=CN(c2c(Cl)cc(C(F)(F)F)cc2Cl)S(=O)(=O)N=C1CC(=O)[O-]. The van der Waals surface area contributed by atoms with E-state index in [1.54, 1.807) is 0 Å². The van der Waals surface area contributed by atoms with Gasteiger partial charge in [-0.05, 0) is 24.6 Å². The van der Waals surface area contributed by atoms with Gasteiger partial charge in [-0.2, -0.15) is 21.6 Å². The molecule has 0 aliphatic carbocycles. The van der Waals surface area contributed by atoms with Gasteiger partial charge in [0.25, 0.3) is 0 Å². The monoisotopic (exact) mass is 415 g/mol. The number of allylic oxidation sites excluding steroid dienone is 1. The predicted molar refractivity (Wildman–Crippen MR) is 83.7 cm³/mol. The molecule has 0 aromatic heterocycles. The minimum Gasteiger partial charge on any atom is -0.550 e. The lowest BCUT2D eigenvalue weighted by Gasteiger charge is -2.26. The highest BCUT2D eigenvalue weighted by Crippen LogP contribution is 2.42. The first-order chi connectivity index (χ1) is 11.3. The highest BCUT2D eigenvalue weighted by Gasteiger charge is 2.35. The second-order valence-corrected chi connectivity index (χ2v) is 7.24. The first kappa shape index (κ1) is 19.5. The van der Waals surface area contributed by atoms with E-state index in [0.717, 1.165) is 6.20 Å². The highest BCUT2D eigenvalue weighted by molar-refractivity contribution is 7.91. The molecule has 0 saturated carbocycles. The molecule has 25 heavy (non-hydrogen) atoms. The summed E-state index contributed by atoms with van der Waals surface area (Å²) in [5.41, 5.74) is -1.70. The number of hydrogen-bond acceptors (Lipinski definition) is 4. The van der Waals surface area contributed by atoms with Crippen LogP contribution >= 0.6 is 23.2 Å². The Morgan fingerprint density at radius 3 is 2.24 bits per heavy atom. The van der Waals surface area contributed by atoms with Crippen LogP contribution in [0.15, 0.2) is 28.3 Å². The number of hydrogen-bond donors (Lipinski definition) is 0. The Labute approximate surface area is 150 Å². The van der Waals surface area contributed by atoms with Crippen LogP contribution in [0.5, 0.6) is 0 Å². The number of alkyl halides is 3. The van der Waals surface area contributed by atoms with Crippen LogP contribution in [0.4, 0.5) is 18.9 Å². The van der Waals surface area contributed by atoms with Gasteiger partial charge in [0, 0.05) is 18.6 Å². The van der Waals surface area contributed by atoms with Crippen LogP contribution in [0.3, 0.4) is 0 Å². The number of carboxylic acids is 1. The molecule has 1 heterocycles. The predicted octanol–water partition coefficient (Wildman–Crippen LogP) is 2.56. The van der Waals surface area contributed by atoms with Gasteiger partial charge >= 0.3 is 16.4 Å². The van der Waals surface area contributed by atoms with E-state index in [4.69, 9.17) is 23.2 Å². The van der Waals surface area contributed by atoms with E-state index in [1.807, 2.05) is 0 Å². The van der Waals surface area contributed by atoms with Crippen LogP contribution < -0.4 is 9.41 Å². The normalized spacial score (nSPS) is 17.1.